The van der Waals surface area contributed by atoms with Crippen LogP contribution in [0.2, 0.25) is 18.1 Å². The number of amides is 3. The van der Waals surface area contributed by atoms with Crippen molar-refractivity contribution < 1.29 is 48.0 Å². The van der Waals surface area contributed by atoms with Gasteiger partial charge in [-0.05, 0) is 129 Å². The first-order valence-corrected chi connectivity index (χ1v) is 29.5. The molecule has 1 aliphatic rings. The topological polar surface area (TPSA) is 209 Å². The number of fused-ring (bicyclic) bond motifs is 1. The number of nitrogens with one attached hydrogen (secondary N) is 3. The molecule has 78 heavy (non-hydrogen) atoms. The van der Waals surface area contributed by atoms with Gasteiger partial charge in [0.1, 0.15) is 17.1 Å². The summed E-state index contributed by atoms with van der Waals surface area (Å²) in [6.07, 6.45) is 0.467. The quantitative estimate of drug-likeness (QED) is 0.0260. The highest BCUT2D eigenvalue weighted by atomic mass is 28.4. The number of phenolic OH excluding ortho intramolecular Hbond substituents is 1. The van der Waals surface area contributed by atoms with E-state index < -0.39 is 43.6 Å². The lowest BCUT2D eigenvalue weighted by atomic mass is 9.86. The van der Waals surface area contributed by atoms with E-state index >= 15 is 0 Å². The molecule has 0 saturated carbocycles. The average molecular weight is 1080 g/mol. The fourth-order valence-corrected chi connectivity index (χ4v) is 10.3. The minimum atomic E-state index is -2.51. The Balaban J connectivity index is 0.926. The van der Waals surface area contributed by atoms with Crippen LogP contribution in [0.1, 0.15) is 98.7 Å². The number of pyridine rings is 1. The molecular formula is C61H75N5O11Si. The number of carbonyl (C=O) groups excluding carboxylic acids is 4. The highest BCUT2D eigenvalue weighted by molar-refractivity contribution is 6.74. The van der Waals surface area contributed by atoms with Crippen LogP contribution in [0.4, 0.5) is 4.79 Å². The van der Waals surface area contributed by atoms with Crippen LogP contribution in [0.15, 0.2) is 138 Å². The number of hydrogen-bond donors (Lipinski definition) is 5. The number of benzene rings is 5. The van der Waals surface area contributed by atoms with Gasteiger partial charge in [-0.1, -0.05) is 112 Å². The van der Waals surface area contributed by atoms with Crippen LogP contribution in [0.3, 0.4) is 0 Å². The molecule has 17 heteroatoms. The molecule has 0 unspecified atom stereocenters. The Hall–Kier alpha value is -7.31. The van der Waals surface area contributed by atoms with Gasteiger partial charge >= 0.3 is 12.1 Å². The van der Waals surface area contributed by atoms with Gasteiger partial charge in [-0.2, -0.15) is 0 Å². The van der Waals surface area contributed by atoms with Crippen molar-refractivity contribution in [3.8, 4) is 11.5 Å². The molecule has 1 saturated heterocycles. The standard InChI is InChI=1S/C61H75N5O11Si/c1-59(2,3)76-58(72)66(39-52(77-78(7,8)60(4,5)6)49-26-28-51(67)55-50(49)27-29-53(68)64-55)38-43-22-24-45(25-23-43)56(70)63-33-32-62-54(69)41-74-48-21-15-20-47(36-48)61(73,46-18-13-10-14-19-46)57(71)75-40-44-30-34-65(35-31-44)37-42-16-11-9-12-17-42/h9-29,36,44,52,67,73H,30-35,37-41H2,1-8H3,(H,62,69)(H,63,70)(H,64,68)/t52-,61-/m0/s1. The number of hydrogen-bond acceptors (Lipinski definition) is 12. The summed E-state index contributed by atoms with van der Waals surface area (Å²) in [5.41, 5.74) is 0.525. The number of likely N-dealkylation sites (tertiary alicyclic amines) is 1. The smallest absolute Gasteiger partial charge is 0.410 e. The molecule has 1 aromatic heterocycles. The maximum atomic E-state index is 14.0. The molecule has 0 radical (unpaired) electrons. The summed E-state index contributed by atoms with van der Waals surface area (Å²) in [5, 5.41) is 28.9. The first-order valence-electron chi connectivity index (χ1n) is 26.6. The van der Waals surface area contributed by atoms with Crippen molar-refractivity contribution in [2.75, 3.05) is 45.9 Å². The molecule has 0 spiro atoms. The number of carbonyl (C=O) groups is 4. The number of phenols is 1. The highest BCUT2D eigenvalue weighted by Crippen LogP contribution is 2.42. The second-order valence-corrected chi connectivity index (χ2v) is 27.3. The van der Waals surface area contributed by atoms with Crippen LogP contribution in [0.5, 0.6) is 11.5 Å². The summed E-state index contributed by atoms with van der Waals surface area (Å²) < 4.78 is 24.6. The molecule has 0 aliphatic carbocycles. The van der Waals surface area contributed by atoms with Crippen molar-refractivity contribution in [2.45, 2.75) is 103 Å². The second-order valence-electron chi connectivity index (χ2n) is 22.5. The SMILES string of the molecule is CC(C)(C)OC(=O)N(Cc1ccc(C(=O)NCCNC(=O)COc2cccc([C@](O)(C(=O)OCC3CCN(Cc4ccccc4)CC3)c3ccccc3)c2)cc1)C[C@H](O[Si](C)(C)C(C)(C)C)c1ccc(O)c2[nH]c(=O)ccc12. The number of aromatic hydroxyl groups is 1. The van der Waals surface area contributed by atoms with Crippen LogP contribution in [-0.2, 0) is 42.2 Å². The van der Waals surface area contributed by atoms with E-state index in [2.05, 4.69) is 66.5 Å². The number of piperidine rings is 1. The largest absolute Gasteiger partial charge is 0.506 e. The number of rotatable bonds is 21. The van der Waals surface area contributed by atoms with Crippen molar-refractivity contribution in [1.82, 2.24) is 25.4 Å². The molecule has 2 atom stereocenters. The molecule has 0 bridgehead atoms. The lowest BCUT2D eigenvalue weighted by molar-refractivity contribution is -0.164. The van der Waals surface area contributed by atoms with E-state index in [1.807, 2.05) is 18.2 Å². The zero-order valence-electron chi connectivity index (χ0n) is 46.1. The van der Waals surface area contributed by atoms with E-state index in [0.717, 1.165) is 32.5 Å². The van der Waals surface area contributed by atoms with E-state index in [9.17, 15) is 34.2 Å². The van der Waals surface area contributed by atoms with E-state index in [0.29, 0.717) is 27.6 Å². The summed E-state index contributed by atoms with van der Waals surface area (Å²) >= 11 is 0. The summed E-state index contributed by atoms with van der Waals surface area (Å²) in [5.74, 6) is -1.30. The van der Waals surface area contributed by atoms with Gasteiger partial charge in [0.2, 0.25) is 11.2 Å². The summed E-state index contributed by atoms with van der Waals surface area (Å²) in [4.78, 5) is 73.2. The van der Waals surface area contributed by atoms with Gasteiger partial charge in [-0.3, -0.25) is 19.3 Å². The third kappa shape index (κ3) is 15.5. The van der Waals surface area contributed by atoms with Crippen molar-refractivity contribution in [3.05, 3.63) is 177 Å². The first kappa shape index (κ1) is 58.4. The molecular weight excluding hydrogens is 1010 g/mol. The molecule has 1 aliphatic heterocycles. The molecule has 5 N–H and O–H groups in total. The van der Waals surface area contributed by atoms with E-state index in [1.165, 1.54) is 23.8 Å². The molecule has 1 fully saturated rings. The van der Waals surface area contributed by atoms with Gasteiger partial charge in [-0.25, -0.2) is 9.59 Å². The van der Waals surface area contributed by atoms with E-state index in [-0.39, 0.29) is 84.4 Å². The second kappa shape index (κ2) is 25.4. The third-order valence-electron chi connectivity index (χ3n) is 14.4. The molecule has 7 rings (SSSR count). The number of aromatic nitrogens is 1. The number of esters is 1. The summed E-state index contributed by atoms with van der Waals surface area (Å²) in [6.45, 7) is 18.8. The van der Waals surface area contributed by atoms with Gasteiger partial charge in [0.25, 0.3) is 11.8 Å². The predicted molar refractivity (Wildman–Crippen MR) is 302 cm³/mol. The van der Waals surface area contributed by atoms with Gasteiger partial charge < -0.3 is 49.4 Å². The fourth-order valence-electron chi connectivity index (χ4n) is 9.01. The molecule has 16 nitrogen and oxygen atoms in total. The first-order chi connectivity index (χ1) is 37.0. The number of aliphatic hydroxyl groups is 1. The molecule has 3 amide bonds. The van der Waals surface area contributed by atoms with Crippen molar-refractivity contribution >= 4 is 43.1 Å². The van der Waals surface area contributed by atoms with Gasteiger partial charge in [0.15, 0.2) is 14.9 Å². The van der Waals surface area contributed by atoms with E-state index in [1.54, 1.807) is 111 Å². The van der Waals surface area contributed by atoms with Crippen LogP contribution in [-0.4, -0.2) is 109 Å². The Kier molecular flexibility index (Phi) is 19.0. The Labute approximate surface area is 458 Å². The van der Waals surface area contributed by atoms with Crippen molar-refractivity contribution in [2.24, 2.45) is 5.92 Å². The number of aromatic amines is 1. The van der Waals surface area contributed by atoms with Gasteiger partial charge in [-0.15, -0.1) is 0 Å². The molecule has 6 aromatic rings. The minimum absolute atomic E-state index is 0.0659. The van der Waals surface area contributed by atoms with Gasteiger partial charge in [0.05, 0.1) is 24.8 Å². The maximum Gasteiger partial charge on any atom is 0.410 e. The lowest BCUT2D eigenvalue weighted by Gasteiger charge is -2.41. The predicted octanol–water partition coefficient (Wildman–Crippen LogP) is 9.35. The molecule has 5 aromatic carbocycles. The van der Waals surface area contributed by atoms with Crippen LogP contribution in [0, 0.1) is 5.92 Å². The van der Waals surface area contributed by atoms with Crippen molar-refractivity contribution in [3.63, 3.8) is 0 Å². The van der Waals surface area contributed by atoms with E-state index in [4.69, 9.17) is 18.6 Å². The summed E-state index contributed by atoms with van der Waals surface area (Å²) in [6, 6.07) is 38.5. The maximum absolute atomic E-state index is 14.0. The average Bonchev–Trinajstić information content (AvgIpc) is 3.56. The summed E-state index contributed by atoms with van der Waals surface area (Å²) in [7, 11) is -2.51. The highest BCUT2D eigenvalue weighted by Gasteiger charge is 2.43. The fraction of sp³-hybridized carbons (Fsp3) is 0.393. The number of H-pyrrole nitrogens is 1. The van der Waals surface area contributed by atoms with Gasteiger partial charge in [0, 0.05) is 48.8 Å². The van der Waals surface area contributed by atoms with Crippen LogP contribution >= 0.6 is 0 Å². The zero-order valence-corrected chi connectivity index (χ0v) is 47.1. The monoisotopic (exact) mass is 1080 g/mol. The zero-order chi connectivity index (χ0) is 56.3. The molecule has 2 heterocycles. The lowest BCUT2D eigenvalue weighted by Crippen LogP contribution is -2.45. The van der Waals surface area contributed by atoms with Crippen LogP contribution in [0.25, 0.3) is 10.9 Å². The number of ether oxygens (including phenoxy) is 3. The van der Waals surface area contributed by atoms with Crippen LogP contribution < -0.4 is 20.9 Å². The Morgan fingerprint density at radius 3 is 2.10 bits per heavy atom. The minimum Gasteiger partial charge on any atom is -0.506 e. The normalized spacial score (nSPS) is 14.7. The molecule has 414 valence electrons. The van der Waals surface area contributed by atoms with Crippen molar-refractivity contribution in [1.29, 1.82) is 0 Å². The Bertz CT molecular complexity index is 3060. The number of nitrogens with zero attached hydrogens (tertiary/aromatic N) is 2. The Morgan fingerprint density at radius 1 is 0.782 bits per heavy atom. The Morgan fingerprint density at radius 2 is 1.44 bits per heavy atom. The third-order valence-corrected chi connectivity index (χ3v) is 18.9.